The van der Waals surface area contributed by atoms with Crippen molar-refractivity contribution in [1.29, 1.82) is 0 Å². The minimum atomic E-state index is -0.0721. The number of unbranched alkanes of at least 4 members (excludes halogenated alkanes) is 1. The highest BCUT2D eigenvalue weighted by atomic mass is 32.2. The molecule has 1 saturated heterocycles. The van der Waals surface area contributed by atoms with Crippen LogP contribution in [0.5, 0.6) is 5.75 Å². The number of nitrogens with zero attached hydrogens (tertiary/aromatic N) is 1. The van der Waals surface area contributed by atoms with E-state index >= 15 is 0 Å². The minimum absolute atomic E-state index is 0.0721. The van der Waals surface area contributed by atoms with Crippen LogP contribution in [-0.4, -0.2) is 17.3 Å². The molecule has 0 bridgehead atoms. The van der Waals surface area contributed by atoms with Crippen molar-refractivity contribution in [3.63, 3.8) is 0 Å². The number of rotatable bonds is 6. The van der Waals surface area contributed by atoms with Gasteiger partial charge < -0.3 is 4.74 Å². The van der Waals surface area contributed by atoms with E-state index in [4.69, 9.17) is 17.0 Å². The zero-order valence-electron chi connectivity index (χ0n) is 14.9. The second-order valence-electron chi connectivity index (χ2n) is 6.06. The number of hydrogen-bond acceptors (Lipinski definition) is 4. The van der Waals surface area contributed by atoms with Gasteiger partial charge in [-0.3, -0.25) is 9.69 Å². The summed E-state index contributed by atoms with van der Waals surface area (Å²) in [6.45, 7) is 2.18. The van der Waals surface area contributed by atoms with E-state index in [1.165, 1.54) is 30.2 Å². The number of aryl methyl sites for hydroxylation is 1. The van der Waals surface area contributed by atoms with Crippen LogP contribution in [0.1, 0.15) is 30.9 Å². The molecule has 1 fully saturated rings. The third kappa shape index (κ3) is 4.17. The summed E-state index contributed by atoms with van der Waals surface area (Å²) in [5, 5.41) is 0. The number of hydrogen-bond donors (Lipinski definition) is 0. The van der Waals surface area contributed by atoms with E-state index in [-0.39, 0.29) is 5.91 Å². The lowest BCUT2D eigenvalue weighted by molar-refractivity contribution is -0.113. The predicted octanol–water partition coefficient (Wildman–Crippen LogP) is 5.44. The number of ether oxygens (including phenoxy) is 1. The maximum atomic E-state index is 12.8. The fraction of sp³-hybridized carbons (Fsp3) is 0.238. The van der Waals surface area contributed by atoms with Crippen LogP contribution in [0.2, 0.25) is 0 Å². The highest BCUT2D eigenvalue weighted by Gasteiger charge is 2.33. The second-order valence-corrected chi connectivity index (χ2v) is 7.74. The molecule has 0 radical (unpaired) electrons. The van der Waals surface area contributed by atoms with Crippen LogP contribution in [-0.2, 0) is 11.2 Å². The van der Waals surface area contributed by atoms with Gasteiger partial charge in [-0.25, -0.2) is 0 Å². The number of thiocarbonyl (C=S) groups is 1. The molecule has 0 unspecified atom stereocenters. The molecule has 1 amide bonds. The van der Waals surface area contributed by atoms with Crippen LogP contribution in [0.25, 0.3) is 6.08 Å². The number of methoxy groups -OCH3 is 1. The molecule has 0 saturated carbocycles. The van der Waals surface area contributed by atoms with Crippen molar-refractivity contribution in [3.8, 4) is 5.75 Å². The van der Waals surface area contributed by atoms with E-state index in [0.717, 1.165) is 23.4 Å². The normalized spacial score (nSPS) is 15.8. The van der Waals surface area contributed by atoms with Crippen molar-refractivity contribution >= 4 is 46.0 Å². The smallest absolute Gasteiger partial charge is 0.270 e. The molecule has 0 N–H and O–H groups in total. The van der Waals surface area contributed by atoms with Gasteiger partial charge in [0.1, 0.15) is 5.75 Å². The molecule has 3 rings (SSSR count). The number of carbonyl (C=O) groups excluding carboxylic acids is 1. The fourth-order valence-electron chi connectivity index (χ4n) is 2.73. The number of benzene rings is 2. The molecule has 2 aromatic rings. The van der Waals surface area contributed by atoms with Gasteiger partial charge in [-0.05, 0) is 54.3 Å². The summed E-state index contributed by atoms with van der Waals surface area (Å²) in [7, 11) is 1.63. The third-order valence-electron chi connectivity index (χ3n) is 4.22. The predicted molar refractivity (Wildman–Crippen MR) is 114 cm³/mol. The van der Waals surface area contributed by atoms with E-state index in [2.05, 4.69) is 19.1 Å². The molecule has 2 aromatic carbocycles. The number of anilines is 1. The Labute approximate surface area is 164 Å². The van der Waals surface area contributed by atoms with Gasteiger partial charge in [0.15, 0.2) is 4.32 Å². The van der Waals surface area contributed by atoms with Gasteiger partial charge in [0.2, 0.25) is 0 Å². The van der Waals surface area contributed by atoms with Crippen molar-refractivity contribution in [1.82, 2.24) is 0 Å². The molecular weight excluding hydrogens is 362 g/mol. The number of amides is 1. The van der Waals surface area contributed by atoms with Crippen LogP contribution < -0.4 is 9.64 Å². The van der Waals surface area contributed by atoms with Crippen LogP contribution in [0.15, 0.2) is 53.4 Å². The quantitative estimate of drug-likeness (QED) is 0.490. The topological polar surface area (TPSA) is 29.5 Å². The molecule has 1 aliphatic rings. The van der Waals surface area contributed by atoms with Crippen molar-refractivity contribution in [2.75, 3.05) is 12.0 Å². The summed E-state index contributed by atoms with van der Waals surface area (Å²) in [5.41, 5.74) is 3.06. The highest BCUT2D eigenvalue weighted by molar-refractivity contribution is 8.27. The van der Waals surface area contributed by atoms with Gasteiger partial charge in [0.25, 0.3) is 5.91 Å². The van der Waals surface area contributed by atoms with Gasteiger partial charge in [0.05, 0.1) is 17.7 Å². The van der Waals surface area contributed by atoms with Crippen LogP contribution in [0.4, 0.5) is 5.69 Å². The van der Waals surface area contributed by atoms with Gasteiger partial charge >= 0.3 is 0 Å². The third-order valence-corrected chi connectivity index (χ3v) is 5.52. The van der Waals surface area contributed by atoms with Crippen LogP contribution >= 0.6 is 24.0 Å². The lowest BCUT2D eigenvalue weighted by Gasteiger charge is -2.15. The molecule has 0 aliphatic carbocycles. The molecule has 0 aromatic heterocycles. The summed E-state index contributed by atoms with van der Waals surface area (Å²) in [4.78, 5) is 15.1. The molecule has 1 heterocycles. The largest absolute Gasteiger partial charge is 0.497 e. The van der Waals surface area contributed by atoms with Gasteiger partial charge in [-0.1, -0.05) is 61.6 Å². The van der Waals surface area contributed by atoms with Crippen LogP contribution in [0, 0.1) is 0 Å². The Kier molecular flexibility index (Phi) is 6.12. The zero-order chi connectivity index (χ0) is 18.5. The first-order valence-corrected chi connectivity index (χ1v) is 9.86. The standard InChI is InChI=1S/C21H21NO2S2/c1-3-4-5-15-6-10-17(11-7-15)22-20(23)19(26-21(22)25)14-16-8-12-18(24-2)13-9-16/h6-14H,3-5H2,1-2H3. The Balaban J connectivity index is 1.78. The molecule has 134 valence electrons. The summed E-state index contributed by atoms with van der Waals surface area (Å²) in [6.07, 6.45) is 5.28. The summed E-state index contributed by atoms with van der Waals surface area (Å²) in [6, 6.07) is 15.7. The number of carbonyl (C=O) groups is 1. The van der Waals surface area contributed by atoms with Crippen LogP contribution in [0.3, 0.4) is 0 Å². The van der Waals surface area contributed by atoms with E-state index < -0.39 is 0 Å². The highest BCUT2D eigenvalue weighted by Crippen LogP contribution is 2.36. The van der Waals surface area contributed by atoms with E-state index in [1.54, 1.807) is 12.0 Å². The first kappa shape index (κ1) is 18.7. The fourth-order valence-corrected chi connectivity index (χ4v) is 4.03. The van der Waals surface area contributed by atoms with Gasteiger partial charge in [-0.15, -0.1) is 0 Å². The molecular formula is C21H21NO2S2. The Morgan fingerprint density at radius 1 is 1.12 bits per heavy atom. The van der Waals surface area contributed by atoms with E-state index in [0.29, 0.717) is 9.23 Å². The first-order chi connectivity index (χ1) is 12.6. The van der Waals surface area contributed by atoms with Crippen molar-refractivity contribution < 1.29 is 9.53 Å². The lowest BCUT2D eigenvalue weighted by Crippen LogP contribution is -2.27. The van der Waals surface area contributed by atoms with E-state index in [1.807, 2.05) is 42.5 Å². The Hall–Kier alpha value is -2.11. The Morgan fingerprint density at radius 3 is 2.42 bits per heavy atom. The van der Waals surface area contributed by atoms with Crippen molar-refractivity contribution in [2.24, 2.45) is 0 Å². The summed E-state index contributed by atoms with van der Waals surface area (Å²) in [5.74, 6) is 0.718. The zero-order valence-corrected chi connectivity index (χ0v) is 16.5. The van der Waals surface area contributed by atoms with Crippen molar-refractivity contribution in [3.05, 3.63) is 64.6 Å². The molecule has 0 atom stereocenters. The monoisotopic (exact) mass is 383 g/mol. The van der Waals surface area contributed by atoms with Gasteiger partial charge in [-0.2, -0.15) is 0 Å². The maximum Gasteiger partial charge on any atom is 0.270 e. The SMILES string of the molecule is CCCCc1ccc(N2C(=O)C(=Cc3ccc(OC)cc3)SC2=S)cc1. The molecule has 3 nitrogen and oxygen atoms in total. The maximum absolute atomic E-state index is 12.8. The Morgan fingerprint density at radius 2 is 1.81 bits per heavy atom. The van der Waals surface area contributed by atoms with Gasteiger partial charge in [0, 0.05) is 0 Å². The molecule has 26 heavy (non-hydrogen) atoms. The lowest BCUT2D eigenvalue weighted by atomic mass is 10.1. The average molecular weight is 384 g/mol. The molecule has 5 heteroatoms. The average Bonchev–Trinajstić information content (AvgIpc) is 2.94. The number of thioether (sulfide) groups is 1. The van der Waals surface area contributed by atoms with Crippen molar-refractivity contribution in [2.45, 2.75) is 26.2 Å². The summed E-state index contributed by atoms with van der Waals surface area (Å²) >= 11 is 6.78. The summed E-state index contributed by atoms with van der Waals surface area (Å²) < 4.78 is 5.73. The van der Waals surface area contributed by atoms with E-state index in [9.17, 15) is 4.79 Å². The second kappa shape index (κ2) is 8.52. The molecule has 0 spiro atoms. The first-order valence-electron chi connectivity index (χ1n) is 8.63. The molecule has 1 aliphatic heterocycles. The Bertz CT molecular complexity index is 826. The minimum Gasteiger partial charge on any atom is -0.497 e.